The number of benzene rings is 2. The molecule has 0 bridgehead atoms. The van der Waals surface area contributed by atoms with E-state index in [4.69, 9.17) is 16.3 Å². The first-order valence-electron chi connectivity index (χ1n) is 13.5. The summed E-state index contributed by atoms with van der Waals surface area (Å²) in [5, 5.41) is 0.716. The largest absolute Gasteiger partial charge is 0.492 e. The second-order valence-corrected chi connectivity index (χ2v) is 11.5. The van der Waals surface area contributed by atoms with Gasteiger partial charge in [0.1, 0.15) is 12.4 Å². The summed E-state index contributed by atoms with van der Waals surface area (Å²) < 4.78 is 6.28. The highest BCUT2D eigenvalue weighted by atomic mass is 35.5. The molecule has 35 heavy (non-hydrogen) atoms. The molecule has 1 aliphatic carbocycles. The predicted molar refractivity (Wildman–Crippen MR) is 142 cm³/mol. The summed E-state index contributed by atoms with van der Waals surface area (Å²) in [6, 6.07) is 16.3. The molecule has 5 rings (SSSR count). The van der Waals surface area contributed by atoms with E-state index in [-0.39, 0.29) is 5.91 Å². The second-order valence-electron chi connectivity index (χ2n) is 11.0. The first kappa shape index (κ1) is 24.6. The maximum absolute atomic E-state index is 13.0. The molecule has 2 fully saturated rings. The van der Waals surface area contributed by atoms with Gasteiger partial charge in [0, 0.05) is 37.7 Å². The standard InChI is InChI=1S/C30H39ClN2O2/c31-27-12-10-24(11-13-27)21-29(34)33-17-15-30(16-18-33)14-4-3-6-26-5-1-2-7-28(26)35-20-19-32(23-30)22-25-8-9-25/h1-2,5,7,10-13,25H,3-4,6,8-9,14-23H2. The van der Waals surface area contributed by atoms with Gasteiger partial charge in [0.15, 0.2) is 0 Å². The van der Waals surface area contributed by atoms with Gasteiger partial charge in [0.2, 0.25) is 5.91 Å². The molecule has 0 N–H and O–H groups in total. The lowest BCUT2D eigenvalue weighted by Gasteiger charge is -2.45. The van der Waals surface area contributed by atoms with Gasteiger partial charge in [0.25, 0.3) is 0 Å². The van der Waals surface area contributed by atoms with Crippen LogP contribution in [-0.4, -0.2) is 55.0 Å². The molecule has 188 valence electrons. The Labute approximate surface area is 215 Å². The van der Waals surface area contributed by atoms with Crippen molar-refractivity contribution in [1.82, 2.24) is 9.80 Å². The zero-order chi connectivity index (χ0) is 24.1. The third-order valence-electron chi connectivity index (χ3n) is 8.26. The van der Waals surface area contributed by atoms with E-state index in [0.29, 0.717) is 16.9 Å². The van der Waals surface area contributed by atoms with Crippen LogP contribution in [0.5, 0.6) is 5.75 Å². The van der Waals surface area contributed by atoms with Gasteiger partial charge in [-0.3, -0.25) is 9.69 Å². The molecule has 2 aliphatic heterocycles. The molecule has 2 heterocycles. The number of likely N-dealkylation sites (tertiary alicyclic amines) is 1. The maximum atomic E-state index is 13.0. The van der Waals surface area contributed by atoms with Crippen molar-refractivity contribution in [1.29, 1.82) is 0 Å². The molecule has 3 aliphatic rings. The molecule has 1 saturated heterocycles. The first-order valence-corrected chi connectivity index (χ1v) is 13.9. The maximum Gasteiger partial charge on any atom is 0.226 e. The van der Waals surface area contributed by atoms with Gasteiger partial charge in [0.05, 0.1) is 6.42 Å². The molecule has 1 amide bonds. The third kappa shape index (κ3) is 6.80. The van der Waals surface area contributed by atoms with Crippen molar-refractivity contribution < 1.29 is 9.53 Å². The summed E-state index contributed by atoms with van der Waals surface area (Å²) in [7, 11) is 0. The summed E-state index contributed by atoms with van der Waals surface area (Å²) in [5.74, 6) is 2.19. The fourth-order valence-electron chi connectivity index (χ4n) is 5.93. The second kappa shape index (κ2) is 11.3. The molecule has 2 aromatic rings. The van der Waals surface area contributed by atoms with Crippen molar-refractivity contribution in [2.24, 2.45) is 11.3 Å². The Morgan fingerprint density at radius 3 is 2.51 bits per heavy atom. The van der Waals surface area contributed by atoms with Crippen LogP contribution in [0.3, 0.4) is 0 Å². The predicted octanol–water partition coefficient (Wildman–Crippen LogP) is 6.01. The first-order chi connectivity index (χ1) is 17.1. The molecule has 0 atom stereocenters. The van der Waals surface area contributed by atoms with Crippen LogP contribution in [0.25, 0.3) is 0 Å². The Bertz CT molecular complexity index is 980. The number of ether oxygens (including phenoxy) is 1. The number of piperidine rings is 1. The van der Waals surface area contributed by atoms with Gasteiger partial charge in [-0.2, -0.15) is 0 Å². The molecule has 5 heteroatoms. The van der Waals surface area contributed by atoms with E-state index in [9.17, 15) is 4.79 Å². The van der Waals surface area contributed by atoms with Crippen molar-refractivity contribution in [2.75, 3.05) is 39.3 Å². The summed E-state index contributed by atoms with van der Waals surface area (Å²) in [6.45, 7) is 5.85. The molecule has 0 unspecified atom stereocenters. The minimum absolute atomic E-state index is 0.246. The molecular formula is C30H39ClN2O2. The molecule has 4 nitrogen and oxygen atoms in total. The normalized spacial score (nSPS) is 21.5. The molecule has 1 spiro atoms. The average Bonchev–Trinajstić information content (AvgIpc) is 3.68. The number of carbonyl (C=O) groups is 1. The van der Waals surface area contributed by atoms with Crippen molar-refractivity contribution in [2.45, 2.75) is 57.8 Å². The van der Waals surface area contributed by atoms with E-state index in [2.05, 4.69) is 34.1 Å². The Balaban J connectivity index is 1.24. The van der Waals surface area contributed by atoms with Gasteiger partial charge >= 0.3 is 0 Å². The number of hydrogen-bond donors (Lipinski definition) is 0. The van der Waals surface area contributed by atoms with Gasteiger partial charge in [-0.05, 0) is 85.6 Å². The number of fused-ring (bicyclic) bond motifs is 1. The van der Waals surface area contributed by atoms with E-state index in [1.165, 1.54) is 44.2 Å². The van der Waals surface area contributed by atoms with E-state index < -0.39 is 0 Å². The summed E-state index contributed by atoms with van der Waals surface area (Å²) in [5.41, 5.74) is 2.70. The highest BCUT2D eigenvalue weighted by Crippen LogP contribution is 2.40. The van der Waals surface area contributed by atoms with Crippen LogP contribution in [0.2, 0.25) is 5.02 Å². The van der Waals surface area contributed by atoms with Crippen LogP contribution < -0.4 is 4.74 Å². The Kier molecular flexibility index (Phi) is 7.99. The summed E-state index contributed by atoms with van der Waals surface area (Å²) in [4.78, 5) is 17.8. The monoisotopic (exact) mass is 494 g/mol. The number of halogens is 1. The van der Waals surface area contributed by atoms with Crippen molar-refractivity contribution in [3.63, 3.8) is 0 Å². The average molecular weight is 495 g/mol. The fourth-order valence-corrected chi connectivity index (χ4v) is 6.06. The van der Waals surface area contributed by atoms with E-state index in [1.807, 2.05) is 24.3 Å². The smallest absolute Gasteiger partial charge is 0.226 e. The number of aryl methyl sites for hydroxylation is 1. The lowest BCUT2D eigenvalue weighted by Crippen LogP contribution is -2.49. The van der Waals surface area contributed by atoms with Crippen LogP contribution in [0.4, 0.5) is 0 Å². The number of carbonyl (C=O) groups excluding carboxylic acids is 1. The fraction of sp³-hybridized carbons (Fsp3) is 0.567. The number of para-hydroxylation sites is 1. The number of hydrogen-bond acceptors (Lipinski definition) is 3. The summed E-state index contributed by atoms with van der Waals surface area (Å²) in [6.07, 6.45) is 10.2. The third-order valence-corrected chi connectivity index (χ3v) is 8.51. The Morgan fingerprint density at radius 2 is 1.74 bits per heavy atom. The SMILES string of the molecule is O=C(Cc1ccc(Cl)cc1)N1CCC2(CCCCc3ccccc3OCCN(CC3CC3)C2)CC1. The quantitative estimate of drug-likeness (QED) is 0.522. The van der Waals surface area contributed by atoms with Crippen LogP contribution in [0.15, 0.2) is 48.5 Å². The van der Waals surface area contributed by atoms with Crippen molar-refractivity contribution in [3.8, 4) is 5.75 Å². The van der Waals surface area contributed by atoms with Gasteiger partial charge in [-0.1, -0.05) is 48.4 Å². The number of rotatable bonds is 4. The van der Waals surface area contributed by atoms with Crippen LogP contribution in [0.1, 0.15) is 56.1 Å². The Morgan fingerprint density at radius 1 is 0.971 bits per heavy atom. The zero-order valence-corrected chi connectivity index (χ0v) is 21.6. The topological polar surface area (TPSA) is 32.8 Å². The van der Waals surface area contributed by atoms with Crippen LogP contribution in [-0.2, 0) is 17.6 Å². The zero-order valence-electron chi connectivity index (χ0n) is 20.9. The number of amides is 1. The van der Waals surface area contributed by atoms with E-state index in [1.54, 1.807) is 0 Å². The number of nitrogens with zero attached hydrogens (tertiary/aromatic N) is 2. The molecule has 0 aromatic heterocycles. The highest BCUT2D eigenvalue weighted by molar-refractivity contribution is 6.30. The molecule has 1 saturated carbocycles. The van der Waals surface area contributed by atoms with Gasteiger partial charge in [-0.25, -0.2) is 0 Å². The Hall–Kier alpha value is -2.04. The summed E-state index contributed by atoms with van der Waals surface area (Å²) >= 11 is 6.01. The van der Waals surface area contributed by atoms with Gasteiger partial charge < -0.3 is 9.64 Å². The molecular weight excluding hydrogens is 456 g/mol. The van der Waals surface area contributed by atoms with E-state index in [0.717, 1.165) is 69.3 Å². The molecule has 2 aromatic carbocycles. The van der Waals surface area contributed by atoms with Gasteiger partial charge in [-0.15, -0.1) is 0 Å². The lowest BCUT2D eigenvalue weighted by atomic mass is 9.73. The van der Waals surface area contributed by atoms with Crippen LogP contribution in [0, 0.1) is 11.3 Å². The van der Waals surface area contributed by atoms with Crippen LogP contribution >= 0.6 is 11.6 Å². The molecule has 0 radical (unpaired) electrons. The minimum atomic E-state index is 0.246. The van der Waals surface area contributed by atoms with E-state index >= 15 is 0 Å². The lowest BCUT2D eigenvalue weighted by molar-refractivity contribution is -0.133. The highest BCUT2D eigenvalue weighted by Gasteiger charge is 2.38. The van der Waals surface area contributed by atoms with Crippen molar-refractivity contribution >= 4 is 17.5 Å². The minimum Gasteiger partial charge on any atom is -0.492 e. The van der Waals surface area contributed by atoms with Crippen molar-refractivity contribution in [3.05, 3.63) is 64.7 Å².